The Kier molecular flexibility index (Phi) is 3.51. The molecule has 0 bridgehead atoms. The highest BCUT2D eigenvalue weighted by atomic mass is 16.5. The Bertz CT molecular complexity index is 524. The largest absolute Gasteiger partial charge is 0.497 e. The topological polar surface area (TPSA) is 41.1 Å². The lowest BCUT2D eigenvalue weighted by molar-refractivity contribution is 0.242. The van der Waals surface area contributed by atoms with Crippen molar-refractivity contribution < 1.29 is 4.74 Å². The Hall–Kier alpha value is -1.81. The second-order valence-corrected chi connectivity index (χ2v) is 4.94. The highest BCUT2D eigenvalue weighted by Crippen LogP contribution is 2.34. The third-order valence-electron chi connectivity index (χ3n) is 3.75. The first-order valence-electron chi connectivity index (χ1n) is 6.73. The predicted molar refractivity (Wildman–Crippen MR) is 74.0 cm³/mol. The molecule has 0 aliphatic carbocycles. The summed E-state index contributed by atoms with van der Waals surface area (Å²) in [6, 6.07) is 8.87. The van der Waals surface area contributed by atoms with Crippen molar-refractivity contribution in [1.29, 1.82) is 0 Å². The lowest BCUT2D eigenvalue weighted by Gasteiger charge is -2.24. The van der Waals surface area contributed by atoms with Gasteiger partial charge < -0.3 is 9.72 Å². The van der Waals surface area contributed by atoms with Gasteiger partial charge in [0.15, 0.2) is 0 Å². The summed E-state index contributed by atoms with van der Waals surface area (Å²) in [5.41, 5.74) is 1.34. The van der Waals surface area contributed by atoms with Crippen molar-refractivity contribution in [2.24, 2.45) is 0 Å². The number of nitrogens with zero attached hydrogens (tertiary/aromatic N) is 2. The lowest BCUT2D eigenvalue weighted by Crippen LogP contribution is -2.23. The number of aromatic amines is 1. The minimum atomic E-state index is 0.472. The average molecular weight is 257 g/mol. The van der Waals surface area contributed by atoms with E-state index in [9.17, 15) is 0 Å². The number of likely N-dealkylation sites (tertiary alicyclic amines) is 1. The molecule has 1 N–H and O–H groups in total. The molecule has 3 rings (SSSR count). The number of imidazole rings is 1. The molecule has 100 valence electrons. The van der Waals surface area contributed by atoms with E-state index in [2.05, 4.69) is 33.1 Å². The first-order chi connectivity index (χ1) is 9.36. The van der Waals surface area contributed by atoms with E-state index in [0.717, 1.165) is 24.7 Å². The fourth-order valence-electron chi connectivity index (χ4n) is 2.82. The normalized spacial score (nSPS) is 19.7. The molecule has 1 saturated heterocycles. The molecule has 0 amide bonds. The number of H-pyrrole nitrogens is 1. The van der Waals surface area contributed by atoms with E-state index >= 15 is 0 Å². The number of hydrogen-bond acceptors (Lipinski definition) is 3. The first kappa shape index (κ1) is 12.2. The molecule has 4 heteroatoms. The van der Waals surface area contributed by atoms with Crippen LogP contribution in [0.25, 0.3) is 0 Å². The van der Waals surface area contributed by atoms with Gasteiger partial charge in [-0.25, -0.2) is 4.98 Å². The van der Waals surface area contributed by atoms with Gasteiger partial charge in [0.05, 0.1) is 13.7 Å². The number of benzene rings is 1. The number of ether oxygens (including phenoxy) is 1. The maximum atomic E-state index is 5.32. The molecule has 1 aliphatic heterocycles. The SMILES string of the molecule is COc1cccc([C@@H]2CCCN2Cc2ncc[nH]2)c1. The summed E-state index contributed by atoms with van der Waals surface area (Å²) < 4.78 is 5.32. The first-order valence-corrected chi connectivity index (χ1v) is 6.73. The molecule has 1 aromatic heterocycles. The molecule has 2 heterocycles. The van der Waals surface area contributed by atoms with Crippen LogP contribution in [0.15, 0.2) is 36.7 Å². The second-order valence-electron chi connectivity index (χ2n) is 4.94. The number of methoxy groups -OCH3 is 1. The quantitative estimate of drug-likeness (QED) is 0.915. The highest BCUT2D eigenvalue weighted by Gasteiger charge is 2.26. The minimum Gasteiger partial charge on any atom is -0.497 e. The van der Waals surface area contributed by atoms with Crippen molar-refractivity contribution in [3.05, 3.63) is 48.0 Å². The summed E-state index contributed by atoms with van der Waals surface area (Å²) in [7, 11) is 1.72. The average Bonchev–Trinajstić information content (AvgIpc) is 3.11. The van der Waals surface area contributed by atoms with Crippen molar-refractivity contribution in [2.75, 3.05) is 13.7 Å². The maximum absolute atomic E-state index is 5.32. The second kappa shape index (κ2) is 5.45. The van der Waals surface area contributed by atoms with Gasteiger partial charge in [-0.15, -0.1) is 0 Å². The maximum Gasteiger partial charge on any atom is 0.120 e. The van der Waals surface area contributed by atoms with Gasteiger partial charge in [-0.1, -0.05) is 12.1 Å². The summed E-state index contributed by atoms with van der Waals surface area (Å²) in [5.74, 6) is 1.97. The van der Waals surface area contributed by atoms with Crippen LogP contribution in [-0.2, 0) is 6.54 Å². The number of aromatic nitrogens is 2. The van der Waals surface area contributed by atoms with Crippen LogP contribution in [0.3, 0.4) is 0 Å². The fourth-order valence-corrected chi connectivity index (χ4v) is 2.82. The van der Waals surface area contributed by atoms with E-state index in [1.165, 1.54) is 18.4 Å². The zero-order chi connectivity index (χ0) is 13.1. The highest BCUT2D eigenvalue weighted by molar-refractivity contribution is 5.31. The number of nitrogens with one attached hydrogen (secondary N) is 1. The van der Waals surface area contributed by atoms with Crippen LogP contribution in [-0.4, -0.2) is 28.5 Å². The molecule has 1 aromatic carbocycles. The van der Waals surface area contributed by atoms with E-state index in [-0.39, 0.29) is 0 Å². The summed E-state index contributed by atoms with van der Waals surface area (Å²) in [4.78, 5) is 9.98. The van der Waals surface area contributed by atoms with Crippen LogP contribution in [0.5, 0.6) is 5.75 Å². The van der Waals surface area contributed by atoms with E-state index in [4.69, 9.17) is 4.74 Å². The standard InChI is InChI=1S/C15H19N3O/c1-19-13-5-2-4-12(10-13)14-6-3-9-18(14)11-15-16-7-8-17-15/h2,4-5,7-8,10,14H,3,6,9,11H2,1H3,(H,16,17)/t14-/m0/s1. The zero-order valence-electron chi connectivity index (χ0n) is 11.2. The Balaban J connectivity index is 1.78. The summed E-state index contributed by atoms with van der Waals surface area (Å²) in [6.45, 7) is 2.01. The molecule has 2 aromatic rings. The Morgan fingerprint density at radius 2 is 2.42 bits per heavy atom. The van der Waals surface area contributed by atoms with Gasteiger partial charge in [-0.2, -0.15) is 0 Å². The van der Waals surface area contributed by atoms with Crippen molar-refractivity contribution >= 4 is 0 Å². The van der Waals surface area contributed by atoms with Gasteiger partial charge >= 0.3 is 0 Å². The van der Waals surface area contributed by atoms with E-state index in [0.29, 0.717) is 6.04 Å². The van der Waals surface area contributed by atoms with Gasteiger partial charge in [0, 0.05) is 18.4 Å². The fraction of sp³-hybridized carbons (Fsp3) is 0.400. The smallest absolute Gasteiger partial charge is 0.120 e. The zero-order valence-corrected chi connectivity index (χ0v) is 11.2. The molecule has 1 atom stereocenters. The number of rotatable bonds is 4. The third kappa shape index (κ3) is 2.63. The van der Waals surface area contributed by atoms with Gasteiger partial charge in [-0.05, 0) is 37.1 Å². The van der Waals surface area contributed by atoms with Gasteiger partial charge in [0.25, 0.3) is 0 Å². The van der Waals surface area contributed by atoms with Crippen LogP contribution in [0.2, 0.25) is 0 Å². The molecule has 1 aliphatic rings. The van der Waals surface area contributed by atoms with Crippen molar-refractivity contribution in [2.45, 2.75) is 25.4 Å². The minimum absolute atomic E-state index is 0.472. The molecule has 0 saturated carbocycles. The summed E-state index contributed by atoms with van der Waals surface area (Å²) in [6.07, 6.45) is 6.13. The molecule has 0 radical (unpaired) electrons. The van der Waals surface area contributed by atoms with Crippen LogP contribution < -0.4 is 4.74 Å². The van der Waals surface area contributed by atoms with Crippen molar-refractivity contribution in [3.63, 3.8) is 0 Å². The van der Waals surface area contributed by atoms with Crippen LogP contribution in [0.1, 0.15) is 30.3 Å². The van der Waals surface area contributed by atoms with Crippen LogP contribution >= 0.6 is 0 Å². The molecular weight excluding hydrogens is 238 g/mol. The molecule has 19 heavy (non-hydrogen) atoms. The molecule has 1 fully saturated rings. The molecule has 4 nitrogen and oxygen atoms in total. The van der Waals surface area contributed by atoms with E-state index in [1.807, 2.05) is 18.5 Å². The summed E-state index contributed by atoms with van der Waals surface area (Å²) >= 11 is 0. The number of hydrogen-bond donors (Lipinski definition) is 1. The summed E-state index contributed by atoms with van der Waals surface area (Å²) in [5, 5.41) is 0. The van der Waals surface area contributed by atoms with Gasteiger partial charge in [0.1, 0.15) is 11.6 Å². The Labute approximate surface area is 113 Å². The Morgan fingerprint density at radius 3 is 3.21 bits per heavy atom. The molecule has 0 spiro atoms. The van der Waals surface area contributed by atoms with Crippen molar-refractivity contribution in [3.8, 4) is 5.75 Å². The Morgan fingerprint density at radius 1 is 1.47 bits per heavy atom. The van der Waals surface area contributed by atoms with E-state index < -0.39 is 0 Å². The predicted octanol–water partition coefficient (Wildman–Crippen LogP) is 2.76. The monoisotopic (exact) mass is 257 g/mol. The lowest BCUT2D eigenvalue weighted by atomic mass is 10.0. The molecular formula is C15H19N3O. The van der Waals surface area contributed by atoms with Gasteiger partial charge in [-0.3, -0.25) is 4.90 Å². The molecule has 0 unspecified atom stereocenters. The van der Waals surface area contributed by atoms with E-state index in [1.54, 1.807) is 7.11 Å². The van der Waals surface area contributed by atoms with Crippen LogP contribution in [0.4, 0.5) is 0 Å². The van der Waals surface area contributed by atoms with Gasteiger partial charge in [0.2, 0.25) is 0 Å². The third-order valence-corrected chi connectivity index (χ3v) is 3.75. The van der Waals surface area contributed by atoms with Crippen LogP contribution in [0, 0.1) is 0 Å². The van der Waals surface area contributed by atoms with Crippen molar-refractivity contribution in [1.82, 2.24) is 14.9 Å².